The first-order chi connectivity index (χ1) is 15.7. The van der Waals surface area contributed by atoms with Crippen molar-refractivity contribution in [3.05, 3.63) is 60.2 Å². The van der Waals surface area contributed by atoms with Gasteiger partial charge in [-0.25, -0.2) is 4.39 Å². The van der Waals surface area contributed by atoms with Crippen LogP contribution in [0.25, 0.3) is 11.5 Å². The standard InChI is InChI=1S/C22H20F4N4O3/c23-16-3-1-14(2-4-16)20-28-29-21(32-20)15-9-11-30(12-10-15)13-19(31)27-17-5-7-18(8-6-17)33-22(24,25)26/h1-8,15H,9-13H2,(H,27,31). The number of nitrogens with zero attached hydrogens (tertiary/aromatic N) is 3. The minimum Gasteiger partial charge on any atom is -0.420 e. The molecule has 2 heterocycles. The van der Waals surface area contributed by atoms with Crippen LogP contribution in [0, 0.1) is 5.82 Å². The van der Waals surface area contributed by atoms with E-state index in [4.69, 9.17) is 4.42 Å². The molecule has 0 spiro atoms. The molecule has 1 N–H and O–H groups in total. The van der Waals surface area contributed by atoms with Crippen molar-refractivity contribution in [1.82, 2.24) is 15.1 Å². The van der Waals surface area contributed by atoms with E-state index in [1.165, 1.54) is 24.3 Å². The zero-order valence-electron chi connectivity index (χ0n) is 17.3. The summed E-state index contributed by atoms with van der Waals surface area (Å²) in [6, 6.07) is 10.8. The number of anilines is 1. The molecule has 4 rings (SSSR count). The van der Waals surface area contributed by atoms with E-state index in [1.807, 2.05) is 4.90 Å². The van der Waals surface area contributed by atoms with E-state index < -0.39 is 6.36 Å². The summed E-state index contributed by atoms with van der Waals surface area (Å²) in [7, 11) is 0. The van der Waals surface area contributed by atoms with Gasteiger partial charge in [-0.3, -0.25) is 9.69 Å². The Morgan fingerprint density at radius 1 is 1.06 bits per heavy atom. The summed E-state index contributed by atoms with van der Waals surface area (Å²) in [6.45, 7) is 1.44. The Morgan fingerprint density at radius 2 is 1.73 bits per heavy atom. The van der Waals surface area contributed by atoms with Crippen molar-refractivity contribution in [3.8, 4) is 17.2 Å². The Labute approximate surface area is 186 Å². The lowest BCUT2D eigenvalue weighted by molar-refractivity contribution is -0.274. The monoisotopic (exact) mass is 464 g/mol. The topological polar surface area (TPSA) is 80.5 Å². The van der Waals surface area contributed by atoms with Crippen LogP contribution in [-0.2, 0) is 4.79 Å². The first-order valence-corrected chi connectivity index (χ1v) is 10.2. The highest BCUT2D eigenvalue weighted by Gasteiger charge is 2.31. The quantitative estimate of drug-likeness (QED) is 0.538. The first-order valence-electron chi connectivity index (χ1n) is 10.2. The summed E-state index contributed by atoms with van der Waals surface area (Å²) in [4.78, 5) is 14.3. The molecule has 1 aliphatic heterocycles. The molecule has 0 unspecified atom stereocenters. The molecule has 1 amide bonds. The maximum absolute atomic E-state index is 13.1. The van der Waals surface area contributed by atoms with Gasteiger partial charge in [-0.2, -0.15) is 0 Å². The molecule has 0 aliphatic carbocycles. The van der Waals surface area contributed by atoms with Crippen molar-refractivity contribution in [3.63, 3.8) is 0 Å². The lowest BCUT2D eigenvalue weighted by atomic mass is 9.97. The molecule has 1 saturated heterocycles. The molecule has 174 valence electrons. The van der Waals surface area contributed by atoms with E-state index in [1.54, 1.807) is 12.1 Å². The van der Waals surface area contributed by atoms with Crippen molar-refractivity contribution in [2.75, 3.05) is 25.0 Å². The van der Waals surface area contributed by atoms with E-state index in [2.05, 4.69) is 20.3 Å². The van der Waals surface area contributed by atoms with Gasteiger partial charge in [-0.1, -0.05) is 0 Å². The number of halogens is 4. The minimum absolute atomic E-state index is 0.0622. The van der Waals surface area contributed by atoms with E-state index in [0.29, 0.717) is 36.1 Å². The van der Waals surface area contributed by atoms with Gasteiger partial charge in [-0.15, -0.1) is 23.4 Å². The molecule has 7 nitrogen and oxygen atoms in total. The molecule has 33 heavy (non-hydrogen) atoms. The van der Waals surface area contributed by atoms with Gasteiger partial charge in [-0.05, 0) is 74.5 Å². The van der Waals surface area contributed by atoms with E-state index >= 15 is 0 Å². The first kappa shape index (κ1) is 22.7. The van der Waals surface area contributed by atoms with Gasteiger partial charge >= 0.3 is 6.36 Å². The second-order valence-corrected chi connectivity index (χ2v) is 7.62. The number of rotatable bonds is 6. The molecular weight excluding hydrogens is 444 g/mol. The Balaban J connectivity index is 1.25. The summed E-state index contributed by atoms with van der Waals surface area (Å²) < 4.78 is 59.3. The Bertz CT molecular complexity index is 1080. The molecular formula is C22H20F4N4O3. The summed E-state index contributed by atoms with van der Waals surface area (Å²) in [5.74, 6) is -0.0619. The van der Waals surface area contributed by atoms with Crippen molar-refractivity contribution in [1.29, 1.82) is 0 Å². The van der Waals surface area contributed by atoms with Crippen molar-refractivity contribution < 1.29 is 31.5 Å². The SMILES string of the molecule is O=C(CN1CCC(c2nnc(-c3ccc(F)cc3)o2)CC1)Nc1ccc(OC(F)(F)F)cc1. The number of carbonyl (C=O) groups is 1. The molecule has 0 atom stereocenters. The molecule has 2 aromatic carbocycles. The number of likely N-dealkylation sites (tertiary alicyclic amines) is 1. The predicted octanol–water partition coefficient (Wildman–Crippen LogP) is 4.59. The number of aromatic nitrogens is 2. The third-order valence-corrected chi connectivity index (χ3v) is 5.21. The maximum atomic E-state index is 13.1. The van der Waals surface area contributed by atoms with Crippen LogP contribution in [0.3, 0.4) is 0 Å². The number of alkyl halides is 3. The van der Waals surface area contributed by atoms with E-state index in [9.17, 15) is 22.4 Å². The number of ether oxygens (including phenoxy) is 1. The lowest BCUT2D eigenvalue weighted by Crippen LogP contribution is -2.38. The van der Waals surface area contributed by atoms with Crippen LogP contribution in [0.2, 0.25) is 0 Å². The minimum atomic E-state index is -4.76. The fourth-order valence-electron chi connectivity index (χ4n) is 3.59. The normalized spacial score (nSPS) is 15.4. The Morgan fingerprint density at radius 3 is 2.36 bits per heavy atom. The van der Waals surface area contributed by atoms with Crippen LogP contribution < -0.4 is 10.1 Å². The van der Waals surface area contributed by atoms with E-state index in [0.717, 1.165) is 25.0 Å². The highest BCUT2D eigenvalue weighted by Crippen LogP contribution is 2.29. The number of amides is 1. The van der Waals surface area contributed by atoms with Gasteiger partial charge in [0.05, 0.1) is 6.54 Å². The number of hydrogen-bond donors (Lipinski definition) is 1. The average molecular weight is 464 g/mol. The molecule has 11 heteroatoms. The smallest absolute Gasteiger partial charge is 0.420 e. The van der Waals surface area contributed by atoms with Gasteiger partial charge in [0.1, 0.15) is 11.6 Å². The number of nitrogens with one attached hydrogen (secondary N) is 1. The second kappa shape index (κ2) is 9.57. The lowest BCUT2D eigenvalue weighted by Gasteiger charge is -2.29. The largest absolute Gasteiger partial charge is 0.573 e. The highest BCUT2D eigenvalue weighted by molar-refractivity contribution is 5.92. The van der Waals surface area contributed by atoms with Crippen LogP contribution >= 0.6 is 0 Å². The van der Waals surface area contributed by atoms with E-state index in [-0.39, 0.29) is 29.9 Å². The van der Waals surface area contributed by atoms with Gasteiger partial charge < -0.3 is 14.5 Å². The molecule has 1 aromatic heterocycles. The van der Waals surface area contributed by atoms with Crippen LogP contribution in [0.1, 0.15) is 24.7 Å². The van der Waals surface area contributed by atoms with Crippen LogP contribution in [0.5, 0.6) is 5.75 Å². The zero-order chi connectivity index (χ0) is 23.4. The van der Waals surface area contributed by atoms with Crippen molar-refractivity contribution in [2.24, 2.45) is 0 Å². The Kier molecular flexibility index (Phi) is 6.59. The number of carbonyl (C=O) groups excluding carboxylic acids is 1. The predicted molar refractivity (Wildman–Crippen MR) is 110 cm³/mol. The van der Waals surface area contributed by atoms with Gasteiger partial charge in [0, 0.05) is 17.2 Å². The third-order valence-electron chi connectivity index (χ3n) is 5.21. The van der Waals surface area contributed by atoms with Gasteiger partial charge in [0.2, 0.25) is 17.7 Å². The third kappa shape index (κ3) is 6.28. The molecule has 1 aliphatic rings. The fourth-order valence-corrected chi connectivity index (χ4v) is 3.59. The molecule has 0 saturated carbocycles. The Hall–Kier alpha value is -3.47. The van der Waals surface area contributed by atoms with Crippen molar-refractivity contribution in [2.45, 2.75) is 25.1 Å². The summed E-state index contributed by atoms with van der Waals surface area (Å²) in [5.41, 5.74) is 1.02. The summed E-state index contributed by atoms with van der Waals surface area (Å²) >= 11 is 0. The van der Waals surface area contributed by atoms with Crippen molar-refractivity contribution >= 4 is 11.6 Å². The number of benzene rings is 2. The number of piperidine rings is 1. The summed E-state index contributed by atoms with van der Waals surface area (Å²) in [5, 5.41) is 10.8. The molecule has 3 aromatic rings. The van der Waals surface area contributed by atoms with Gasteiger partial charge in [0.15, 0.2) is 0 Å². The zero-order valence-corrected chi connectivity index (χ0v) is 17.3. The second-order valence-electron chi connectivity index (χ2n) is 7.62. The summed E-state index contributed by atoms with van der Waals surface area (Å²) in [6.07, 6.45) is -3.32. The fraction of sp³-hybridized carbons (Fsp3) is 0.318. The molecule has 0 radical (unpaired) electrons. The van der Waals surface area contributed by atoms with Crippen LogP contribution in [0.4, 0.5) is 23.2 Å². The maximum Gasteiger partial charge on any atom is 0.573 e. The van der Waals surface area contributed by atoms with Gasteiger partial charge in [0.25, 0.3) is 0 Å². The molecule has 1 fully saturated rings. The molecule has 0 bridgehead atoms. The average Bonchev–Trinajstić information content (AvgIpc) is 3.25. The van der Waals surface area contributed by atoms with Crippen LogP contribution in [-0.4, -0.2) is 47.0 Å². The number of hydrogen-bond acceptors (Lipinski definition) is 6. The van der Waals surface area contributed by atoms with Crippen LogP contribution in [0.15, 0.2) is 52.9 Å². The highest BCUT2D eigenvalue weighted by atomic mass is 19.4.